The van der Waals surface area contributed by atoms with Crippen molar-refractivity contribution < 1.29 is 0 Å². The second-order valence-electron chi connectivity index (χ2n) is 13.9. The molecule has 0 aliphatic heterocycles. The van der Waals surface area contributed by atoms with Crippen molar-refractivity contribution in [1.29, 1.82) is 0 Å². The lowest BCUT2D eigenvalue weighted by Crippen LogP contribution is -1.96. The first-order chi connectivity index (χ1) is 19.2. The van der Waals surface area contributed by atoms with E-state index in [0.717, 1.165) is 11.8 Å². The second kappa shape index (κ2) is 34.2. The van der Waals surface area contributed by atoms with Crippen molar-refractivity contribution >= 4 is 0 Å². The van der Waals surface area contributed by atoms with Crippen LogP contribution in [0.15, 0.2) is 0 Å². The zero-order chi connectivity index (χ0) is 28.5. The van der Waals surface area contributed by atoms with Crippen LogP contribution >= 0.6 is 0 Å². The first kappa shape index (κ1) is 39.0. The Labute approximate surface area is 251 Å². The van der Waals surface area contributed by atoms with Crippen LogP contribution in [0.5, 0.6) is 0 Å². The molecule has 0 saturated heterocycles. The minimum atomic E-state index is 0.963. The van der Waals surface area contributed by atoms with Crippen molar-refractivity contribution in [2.24, 2.45) is 11.8 Å². The van der Waals surface area contributed by atoms with Gasteiger partial charge in [0.1, 0.15) is 0 Å². The lowest BCUT2D eigenvalue weighted by Gasteiger charge is -2.12. The Hall–Kier alpha value is 0. The van der Waals surface area contributed by atoms with Gasteiger partial charge in [-0.1, -0.05) is 240 Å². The average Bonchev–Trinajstić information content (AvgIpc) is 2.93. The lowest BCUT2D eigenvalue weighted by molar-refractivity contribution is 0.421. The predicted octanol–water partition coefficient (Wildman–Crippen LogP) is 15.2. The molecule has 0 aromatic heterocycles. The highest BCUT2D eigenvalue weighted by Gasteiger charge is 2.04. The summed E-state index contributed by atoms with van der Waals surface area (Å²) in [4.78, 5) is 0. The molecule has 0 rings (SSSR count). The van der Waals surface area contributed by atoms with Gasteiger partial charge >= 0.3 is 0 Å². The lowest BCUT2D eigenvalue weighted by atomic mass is 9.95. The molecule has 0 aliphatic carbocycles. The van der Waals surface area contributed by atoms with Gasteiger partial charge in [0.2, 0.25) is 0 Å². The minimum Gasteiger partial charge on any atom is -0.0654 e. The maximum atomic E-state index is 2.51. The van der Waals surface area contributed by atoms with E-state index in [9.17, 15) is 0 Å². The summed E-state index contributed by atoms with van der Waals surface area (Å²) in [6, 6.07) is 0. The first-order valence-corrected chi connectivity index (χ1v) is 19.2. The van der Waals surface area contributed by atoms with Gasteiger partial charge in [0, 0.05) is 0 Å². The van der Waals surface area contributed by atoms with Crippen molar-refractivity contribution in [3.63, 3.8) is 0 Å². The largest absolute Gasteiger partial charge is 0.0654 e. The summed E-state index contributed by atoms with van der Waals surface area (Å²) in [5, 5.41) is 0. The van der Waals surface area contributed by atoms with E-state index < -0.39 is 0 Å². The van der Waals surface area contributed by atoms with Gasteiger partial charge in [0.25, 0.3) is 0 Å². The molecule has 0 aliphatic rings. The average molecular weight is 549 g/mol. The summed E-state index contributed by atoms with van der Waals surface area (Å²) in [5.74, 6) is 1.93. The molecule has 39 heavy (non-hydrogen) atoms. The third kappa shape index (κ3) is 34.1. The zero-order valence-electron chi connectivity index (χ0n) is 28.5. The quantitative estimate of drug-likeness (QED) is 0.0701. The smallest absolute Gasteiger partial charge is 0.0443 e. The van der Waals surface area contributed by atoms with E-state index >= 15 is 0 Å². The van der Waals surface area contributed by atoms with Gasteiger partial charge in [-0.15, -0.1) is 0 Å². The fraction of sp³-hybridized carbons (Fsp3) is 1.00. The monoisotopic (exact) mass is 549 g/mol. The van der Waals surface area contributed by atoms with Crippen LogP contribution in [-0.4, -0.2) is 0 Å². The van der Waals surface area contributed by atoms with Gasteiger partial charge in [-0.3, -0.25) is 0 Å². The molecule has 0 bridgehead atoms. The highest BCUT2D eigenvalue weighted by Crippen LogP contribution is 2.21. The molecule has 2 unspecified atom stereocenters. The molecule has 0 heterocycles. The Morgan fingerprint density at radius 3 is 0.564 bits per heavy atom. The number of hydrogen-bond acceptors (Lipinski definition) is 0. The van der Waals surface area contributed by atoms with Crippen molar-refractivity contribution in [3.8, 4) is 0 Å². The molecule has 0 radical (unpaired) electrons. The van der Waals surface area contributed by atoms with Gasteiger partial charge in [0.15, 0.2) is 0 Å². The molecule has 0 spiro atoms. The molecule has 0 nitrogen and oxygen atoms in total. The Balaban J connectivity index is 3.22. The Morgan fingerprint density at radius 2 is 0.385 bits per heavy atom. The van der Waals surface area contributed by atoms with Crippen LogP contribution in [0.25, 0.3) is 0 Å². The fourth-order valence-electron chi connectivity index (χ4n) is 6.47. The summed E-state index contributed by atoms with van der Waals surface area (Å²) >= 11 is 0. The molecule has 0 aromatic carbocycles. The van der Waals surface area contributed by atoms with E-state index in [2.05, 4.69) is 27.7 Å². The van der Waals surface area contributed by atoms with Gasteiger partial charge in [-0.25, -0.2) is 0 Å². The van der Waals surface area contributed by atoms with Crippen molar-refractivity contribution in [1.82, 2.24) is 0 Å². The molecule has 0 amide bonds. The number of rotatable bonds is 34. The van der Waals surface area contributed by atoms with E-state index in [4.69, 9.17) is 0 Å². The van der Waals surface area contributed by atoms with Crippen molar-refractivity contribution in [2.45, 2.75) is 240 Å². The molecule has 0 N–H and O–H groups in total. The molecular formula is C39H80. The van der Waals surface area contributed by atoms with E-state index in [1.54, 1.807) is 0 Å². The summed E-state index contributed by atoms with van der Waals surface area (Å²) < 4.78 is 0. The molecule has 0 fully saturated rings. The van der Waals surface area contributed by atoms with Crippen LogP contribution in [0.3, 0.4) is 0 Å². The topological polar surface area (TPSA) is 0 Å². The summed E-state index contributed by atoms with van der Waals surface area (Å²) in [7, 11) is 0. The third-order valence-electron chi connectivity index (χ3n) is 9.49. The Kier molecular flexibility index (Phi) is 34.2. The van der Waals surface area contributed by atoms with Crippen LogP contribution in [0, 0.1) is 11.8 Å². The molecule has 236 valence electrons. The van der Waals surface area contributed by atoms with Crippen molar-refractivity contribution in [3.05, 3.63) is 0 Å². The third-order valence-corrected chi connectivity index (χ3v) is 9.49. The zero-order valence-corrected chi connectivity index (χ0v) is 28.5. The molecular weight excluding hydrogens is 468 g/mol. The maximum absolute atomic E-state index is 2.51. The van der Waals surface area contributed by atoms with E-state index in [-0.39, 0.29) is 0 Å². The SMILES string of the molecule is CCCCCCCCCCCCCCCCC(C)CCCCCCCCCC(C)CCCCCCCCCC. The first-order valence-electron chi connectivity index (χ1n) is 19.2. The van der Waals surface area contributed by atoms with Gasteiger partial charge in [-0.05, 0) is 11.8 Å². The normalized spacial score (nSPS) is 13.2. The maximum Gasteiger partial charge on any atom is -0.0443 e. The summed E-state index contributed by atoms with van der Waals surface area (Å²) in [6.07, 6.45) is 48.6. The van der Waals surface area contributed by atoms with Crippen LogP contribution in [-0.2, 0) is 0 Å². The molecule has 0 aromatic rings. The van der Waals surface area contributed by atoms with E-state index in [0.29, 0.717) is 0 Å². The summed E-state index contributed by atoms with van der Waals surface area (Å²) in [5.41, 5.74) is 0. The Morgan fingerprint density at radius 1 is 0.231 bits per heavy atom. The number of hydrogen-bond donors (Lipinski definition) is 0. The number of unbranched alkanes of at least 4 members (excludes halogenated alkanes) is 26. The molecule has 0 saturated carbocycles. The highest BCUT2D eigenvalue weighted by atomic mass is 14.1. The Bertz CT molecular complexity index is 412. The predicted molar refractivity (Wildman–Crippen MR) is 182 cm³/mol. The molecule has 2 atom stereocenters. The highest BCUT2D eigenvalue weighted by molar-refractivity contribution is 4.58. The molecule has 0 heteroatoms. The second-order valence-corrected chi connectivity index (χ2v) is 13.9. The van der Waals surface area contributed by atoms with E-state index in [1.807, 2.05) is 0 Å². The standard InChI is InChI=1S/C39H80/c1-5-7-9-11-13-15-16-17-18-19-20-23-27-31-35-39(4)37-33-29-25-21-24-28-32-36-38(3)34-30-26-22-14-12-10-8-6-2/h38-39H,5-37H2,1-4H3. The van der Waals surface area contributed by atoms with Crippen LogP contribution < -0.4 is 0 Å². The van der Waals surface area contributed by atoms with Gasteiger partial charge < -0.3 is 0 Å². The summed E-state index contributed by atoms with van der Waals surface area (Å²) in [6.45, 7) is 9.63. The fourth-order valence-corrected chi connectivity index (χ4v) is 6.47. The van der Waals surface area contributed by atoms with Crippen LogP contribution in [0.1, 0.15) is 240 Å². The minimum absolute atomic E-state index is 0.963. The van der Waals surface area contributed by atoms with Crippen LogP contribution in [0.4, 0.5) is 0 Å². The van der Waals surface area contributed by atoms with E-state index in [1.165, 1.54) is 212 Å². The van der Waals surface area contributed by atoms with Gasteiger partial charge in [0.05, 0.1) is 0 Å². The van der Waals surface area contributed by atoms with Gasteiger partial charge in [-0.2, -0.15) is 0 Å². The van der Waals surface area contributed by atoms with Crippen molar-refractivity contribution in [2.75, 3.05) is 0 Å². The van der Waals surface area contributed by atoms with Crippen LogP contribution in [0.2, 0.25) is 0 Å².